The van der Waals surface area contributed by atoms with Crippen molar-refractivity contribution in [3.05, 3.63) is 116 Å². The third kappa shape index (κ3) is 5.47. The van der Waals surface area contributed by atoms with Crippen molar-refractivity contribution in [1.29, 1.82) is 0 Å². The van der Waals surface area contributed by atoms with Crippen molar-refractivity contribution in [3.8, 4) is 0 Å². The lowest BCUT2D eigenvalue weighted by molar-refractivity contribution is 0.0696. The van der Waals surface area contributed by atoms with E-state index in [1.54, 1.807) is 31.2 Å². The summed E-state index contributed by atoms with van der Waals surface area (Å²) in [4.78, 5) is 43.4. The quantitative estimate of drug-likeness (QED) is 0.369. The van der Waals surface area contributed by atoms with Crippen molar-refractivity contribution in [1.82, 2.24) is 14.1 Å². The predicted octanol–water partition coefficient (Wildman–Crippen LogP) is 2.82. The summed E-state index contributed by atoms with van der Waals surface area (Å²) in [7, 11) is -3.91. The summed E-state index contributed by atoms with van der Waals surface area (Å²) >= 11 is 5.95. The molecule has 0 unspecified atom stereocenters. The van der Waals surface area contributed by atoms with Gasteiger partial charge >= 0.3 is 17.3 Å². The summed E-state index contributed by atoms with van der Waals surface area (Å²) in [5.41, 5.74) is -0.151. The van der Waals surface area contributed by atoms with E-state index in [2.05, 4.69) is 9.98 Å². The zero-order valence-corrected chi connectivity index (χ0v) is 21.0. The molecule has 1 aromatic heterocycles. The van der Waals surface area contributed by atoms with Gasteiger partial charge in [0.25, 0.3) is 0 Å². The monoisotopic (exact) mass is 540 g/mol. The average molecular weight is 541 g/mol. The standard InChI is InChI=1S/C25H21ClN4O6S/c1-2-29-24(33)28-23(30(25(29)34)15-16-3-7-18(26)8-4-16)27-19-9-13-21(14-10-19)37(35,36)20-11-5-17(6-12-20)22(31)32/h3-14H,2,15H2,1H3,(H,31,32)(H,27,28,33). The molecule has 4 rings (SSSR count). The lowest BCUT2D eigenvalue weighted by atomic mass is 10.2. The minimum atomic E-state index is -3.91. The maximum absolute atomic E-state index is 13.0. The Morgan fingerprint density at radius 2 is 1.49 bits per heavy atom. The Morgan fingerprint density at radius 3 is 2.03 bits per heavy atom. The van der Waals surface area contributed by atoms with Crippen LogP contribution >= 0.6 is 11.6 Å². The number of aromatic amines is 1. The van der Waals surface area contributed by atoms with Crippen LogP contribution in [0.15, 0.2) is 97.2 Å². The molecule has 1 heterocycles. The lowest BCUT2D eigenvalue weighted by Crippen LogP contribution is -2.49. The second kappa shape index (κ2) is 10.4. The number of aromatic nitrogens is 3. The number of hydrogen-bond acceptors (Lipinski definition) is 6. The van der Waals surface area contributed by atoms with E-state index >= 15 is 0 Å². The number of carboxylic acids is 1. The summed E-state index contributed by atoms with van der Waals surface area (Å²) in [6.45, 7) is 1.95. The van der Waals surface area contributed by atoms with E-state index in [0.29, 0.717) is 10.7 Å². The molecule has 0 bridgehead atoms. The van der Waals surface area contributed by atoms with Crippen LogP contribution < -0.4 is 17.0 Å². The molecule has 12 heteroatoms. The summed E-state index contributed by atoms with van der Waals surface area (Å²) in [6, 6.07) is 17.3. The topological polar surface area (TPSA) is 144 Å². The number of rotatable bonds is 7. The van der Waals surface area contributed by atoms with Gasteiger partial charge < -0.3 is 5.11 Å². The van der Waals surface area contributed by atoms with E-state index in [4.69, 9.17) is 16.7 Å². The first-order valence-electron chi connectivity index (χ1n) is 11.0. The molecule has 3 aromatic carbocycles. The molecule has 4 aromatic rings. The Labute approximate surface area is 215 Å². The molecule has 0 aliphatic heterocycles. The molecule has 0 fully saturated rings. The average Bonchev–Trinajstić information content (AvgIpc) is 2.88. The van der Waals surface area contributed by atoms with Gasteiger partial charge in [-0.05, 0) is 73.2 Å². The highest BCUT2D eigenvalue weighted by Crippen LogP contribution is 2.23. The molecule has 37 heavy (non-hydrogen) atoms. The Morgan fingerprint density at radius 1 is 0.919 bits per heavy atom. The van der Waals surface area contributed by atoms with Gasteiger partial charge in [-0.1, -0.05) is 23.7 Å². The molecule has 0 aliphatic rings. The van der Waals surface area contributed by atoms with Crippen LogP contribution in [0.25, 0.3) is 0 Å². The molecule has 10 nitrogen and oxygen atoms in total. The molecule has 0 saturated carbocycles. The number of nitrogens with zero attached hydrogens (tertiary/aromatic N) is 3. The van der Waals surface area contributed by atoms with Crippen LogP contribution in [0.5, 0.6) is 0 Å². The molecule has 0 radical (unpaired) electrons. The summed E-state index contributed by atoms with van der Waals surface area (Å²) in [6.07, 6.45) is 0. The number of aromatic carboxylic acids is 1. The number of H-pyrrole nitrogens is 1. The van der Waals surface area contributed by atoms with Crippen molar-refractivity contribution in [2.24, 2.45) is 4.99 Å². The largest absolute Gasteiger partial charge is 0.478 e. The number of hydrogen-bond donors (Lipinski definition) is 2. The molecule has 2 N–H and O–H groups in total. The summed E-state index contributed by atoms with van der Waals surface area (Å²) in [5.74, 6) is -1.16. The predicted molar refractivity (Wildman–Crippen MR) is 136 cm³/mol. The molecular formula is C25H21ClN4O6S. The maximum atomic E-state index is 13.0. The number of carbonyl (C=O) groups is 1. The van der Waals surface area contributed by atoms with Gasteiger partial charge in [0.2, 0.25) is 15.5 Å². The van der Waals surface area contributed by atoms with Gasteiger partial charge in [0, 0.05) is 11.6 Å². The number of nitrogens with one attached hydrogen (secondary N) is 1. The Balaban J connectivity index is 1.74. The third-order valence-corrected chi connectivity index (χ3v) is 7.58. The van der Waals surface area contributed by atoms with E-state index in [0.717, 1.165) is 10.1 Å². The third-order valence-electron chi connectivity index (χ3n) is 5.55. The smallest absolute Gasteiger partial charge is 0.335 e. The van der Waals surface area contributed by atoms with E-state index in [1.807, 2.05) is 0 Å². The minimum Gasteiger partial charge on any atom is -0.478 e. The fraction of sp³-hybridized carbons (Fsp3) is 0.120. The Kier molecular flexibility index (Phi) is 7.28. The fourth-order valence-electron chi connectivity index (χ4n) is 3.57. The number of halogens is 1. The normalized spacial score (nSPS) is 12.0. The maximum Gasteiger partial charge on any atom is 0.335 e. The van der Waals surface area contributed by atoms with Crippen LogP contribution in [0.2, 0.25) is 5.02 Å². The number of benzene rings is 3. The van der Waals surface area contributed by atoms with Crippen molar-refractivity contribution in [2.45, 2.75) is 29.8 Å². The Hall–Kier alpha value is -4.22. The molecule has 0 saturated heterocycles. The zero-order valence-electron chi connectivity index (χ0n) is 19.5. The first kappa shape index (κ1) is 25.9. The second-order valence-electron chi connectivity index (χ2n) is 7.93. The zero-order chi connectivity index (χ0) is 26.7. The van der Waals surface area contributed by atoms with Crippen molar-refractivity contribution in [3.63, 3.8) is 0 Å². The van der Waals surface area contributed by atoms with Gasteiger partial charge in [-0.25, -0.2) is 32.4 Å². The molecular weight excluding hydrogens is 520 g/mol. The van der Waals surface area contributed by atoms with Crippen LogP contribution in [-0.4, -0.2) is 33.6 Å². The fourth-order valence-corrected chi connectivity index (χ4v) is 4.96. The van der Waals surface area contributed by atoms with E-state index < -0.39 is 27.2 Å². The number of sulfone groups is 1. The molecule has 0 atom stereocenters. The van der Waals surface area contributed by atoms with E-state index in [-0.39, 0.29) is 34.1 Å². The van der Waals surface area contributed by atoms with Crippen LogP contribution in [0.3, 0.4) is 0 Å². The molecule has 0 spiro atoms. The van der Waals surface area contributed by atoms with Gasteiger partial charge in [0.1, 0.15) is 0 Å². The van der Waals surface area contributed by atoms with E-state index in [9.17, 15) is 22.8 Å². The molecule has 0 aliphatic carbocycles. The SMILES string of the molecule is CCn1c(=O)[nH]/c(=N\c2ccc(S(=O)(=O)c3ccc(C(=O)O)cc3)cc2)n(Cc2ccc(Cl)cc2)c1=O. The van der Waals surface area contributed by atoms with Crippen LogP contribution in [0, 0.1) is 0 Å². The van der Waals surface area contributed by atoms with Crippen LogP contribution in [0.4, 0.5) is 5.69 Å². The first-order valence-corrected chi connectivity index (χ1v) is 12.9. The van der Waals surface area contributed by atoms with E-state index in [1.165, 1.54) is 53.1 Å². The van der Waals surface area contributed by atoms with Crippen molar-refractivity contribution < 1.29 is 18.3 Å². The first-order chi connectivity index (χ1) is 17.6. The lowest BCUT2D eigenvalue weighted by Gasteiger charge is -2.10. The Bertz CT molecular complexity index is 1750. The number of carboxylic acid groups (broad SMARTS) is 1. The highest BCUT2D eigenvalue weighted by molar-refractivity contribution is 7.91. The second-order valence-corrected chi connectivity index (χ2v) is 10.3. The summed E-state index contributed by atoms with van der Waals surface area (Å²) in [5, 5.41) is 9.55. The van der Waals surface area contributed by atoms with Gasteiger partial charge in [-0.15, -0.1) is 0 Å². The highest BCUT2D eigenvalue weighted by atomic mass is 35.5. The van der Waals surface area contributed by atoms with Crippen molar-refractivity contribution >= 4 is 33.1 Å². The van der Waals surface area contributed by atoms with Gasteiger partial charge in [-0.2, -0.15) is 0 Å². The minimum absolute atomic E-state index is 0.00508. The molecule has 0 amide bonds. The van der Waals surface area contributed by atoms with Crippen LogP contribution in [-0.2, 0) is 22.9 Å². The van der Waals surface area contributed by atoms with Gasteiger partial charge in [0.05, 0.1) is 27.6 Å². The van der Waals surface area contributed by atoms with Gasteiger partial charge in [0.15, 0.2) is 0 Å². The molecule has 190 valence electrons. The highest BCUT2D eigenvalue weighted by Gasteiger charge is 2.18. The van der Waals surface area contributed by atoms with Crippen LogP contribution in [0.1, 0.15) is 22.8 Å². The van der Waals surface area contributed by atoms with Crippen molar-refractivity contribution in [2.75, 3.05) is 0 Å². The summed E-state index contributed by atoms with van der Waals surface area (Å²) < 4.78 is 28.2. The van der Waals surface area contributed by atoms with Gasteiger partial charge in [-0.3, -0.25) is 9.55 Å².